The Bertz CT molecular complexity index is 531. The molecule has 1 heterocycles. The maximum atomic E-state index is 10.8. The van der Waals surface area contributed by atoms with E-state index in [0.717, 1.165) is 17.0 Å². The van der Waals surface area contributed by atoms with E-state index in [1.807, 2.05) is 12.1 Å². The number of hydrogen-bond acceptors (Lipinski definition) is 3. The quantitative estimate of drug-likeness (QED) is 0.889. The molecule has 1 N–H and O–H groups in total. The van der Waals surface area contributed by atoms with Crippen LogP contribution in [-0.2, 0) is 6.42 Å². The van der Waals surface area contributed by atoms with Crippen LogP contribution in [0.2, 0.25) is 0 Å². The molecule has 1 aromatic carbocycles. The van der Waals surface area contributed by atoms with Crippen molar-refractivity contribution in [3.63, 3.8) is 0 Å². The third kappa shape index (κ3) is 2.96. The Labute approximate surface area is 110 Å². The molecule has 0 fully saturated rings. The second kappa shape index (κ2) is 5.78. The summed E-state index contributed by atoms with van der Waals surface area (Å²) in [5.74, 6) is -0.975. The number of hydrogen-bond donors (Lipinski definition) is 1. The second-order valence-electron chi connectivity index (χ2n) is 4.14. The zero-order valence-corrected chi connectivity index (χ0v) is 11.0. The molecule has 0 saturated heterocycles. The minimum atomic E-state index is -0.975. The number of aromatic carboxylic acids is 1. The van der Waals surface area contributed by atoms with Crippen molar-refractivity contribution in [2.45, 2.75) is 26.2 Å². The first-order valence-electron chi connectivity index (χ1n) is 5.99. The Morgan fingerprint density at radius 2 is 2.06 bits per heavy atom. The van der Waals surface area contributed by atoms with Crippen LogP contribution in [0.5, 0.6) is 0 Å². The minimum absolute atomic E-state index is 0.116. The Balaban J connectivity index is 2.15. The van der Waals surface area contributed by atoms with Crippen molar-refractivity contribution in [2.24, 2.45) is 0 Å². The first kappa shape index (κ1) is 12.8. The summed E-state index contributed by atoms with van der Waals surface area (Å²) in [6.07, 6.45) is 3.48. The fourth-order valence-electron chi connectivity index (χ4n) is 1.70. The van der Waals surface area contributed by atoms with Crippen molar-refractivity contribution in [3.8, 4) is 10.6 Å². The summed E-state index contributed by atoms with van der Waals surface area (Å²) in [7, 11) is 0. The van der Waals surface area contributed by atoms with Gasteiger partial charge in [0.1, 0.15) is 5.01 Å². The topological polar surface area (TPSA) is 50.2 Å². The summed E-state index contributed by atoms with van der Waals surface area (Å²) >= 11 is 1.36. The van der Waals surface area contributed by atoms with Crippen LogP contribution in [0, 0.1) is 0 Å². The van der Waals surface area contributed by atoms with E-state index in [4.69, 9.17) is 5.11 Å². The Kier molecular flexibility index (Phi) is 4.10. The summed E-state index contributed by atoms with van der Waals surface area (Å²) in [6.45, 7) is 2.18. The van der Waals surface area contributed by atoms with Gasteiger partial charge in [0.15, 0.2) is 5.69 Å². The lowest BCUT2D eigenvalue weighted by Crippen LogP contribution is -1.95. The van der Waals surface area contributed by atoms with Gasteiger partial charge < -0.3 is 5.11 Å². The molecular weight excluding hydrogens is 246 g/mol. The van der Waals surface area contributed by atoms with E-state index in [1.165, 1.54) is 29.7 Å². The molecule has 2 aromatic rings. The molecule has 1 aromatic heterocycles. The van der Waals surface area contributed by atoms with E-state index in [9.17, 15) is 4.79 Å². The van der Waals surface area contributed by atoms with Crippen LogP contribution >= 0.6 is 11.3 Å². The van der Waals surface area contributed by atoms with Gasteiger partial charge in [-0.25, -0.2) is 9.78 Å². The number of carboxylic acid groups (broad SMARTS) is 1. The van der Waals surface area contributed by atoms with Gasteiger partial charge in [-0.3, -0.25) is 0 Å². The van der Waals surface area contributed by atoms with Gasteiger partial charge in [-0.05, 0) is 18.4 Å². The molecule has 0 aliphatic rings. The van der Waals surface area contributed by atoms with Crippen LogP contribution in [0.1, 0.15) is 35.8 Å². The highest BCUT2D eigenvalue weighted by Gasteiger charge is 2.09. The van der Waals surface area contributed by atoms with Crippen LogP contribution < -0.4 is 0 Å². The lowest BCUT2D eigenvalue weighted by atomic mass is 10.1. The smallest absolute Gasteiger partial charge is 0.355 e. The fourth-order valence-corrected chi connectivity index (χ4v) is 2.50. The van der Waals surface area contributed by atoms with Crippen molar-refractivity contribution in [1.82, 2.24) is 4.98 Å². The van der Waals surface area contributed by atoms with E-state index in [2.05, 4.69) is 24.0 Å². The van der Waals surface area contributed by atoms with E-state index < -0.39 is 5.97 Å². The average molecular weight is 261 g/mol. The van der Waals surface area contributed by atoms with Gasteiger partial charge in [0.2, 0.25) is 0 Å². The molecule has 0 radical (unpaired) electrons. The molecule has 3 nitrogen and oxygen atoms in total. The normalized spacial score (nSPS) is 10.5. The number of carboxylic acids is 1. The molecule has 0 bridgehead atoms. The van der Waals surface area contributed by atoms with Gasteiger partial charge in [-0.15, -0.1) is 11.3 Å². The van der Waals surface area contributed by atoms with Gasteiger partial charge in [0, 0.05) is 10.9 Å². The number of unbranched alkanes of at least 4 members (excludes halogenated alkanes) is 1. The number of benzene rings is 1. The molecule has 0 aliphatic heterocycles. The summed E-state index contributed by atoms with van der Waals surface area (Å²) in [4.78, 5) is 14.9. The molecule has 4 heteroatoms. The van der Waals surface area contributed by atoms with Gasteiger partial charge in [0.25, 0.3) is 0 Å². The largest absolute Gasteiger partial charge is 0.476 e. The van der Waals surface area contributed by atoms with Crippen LogP contribution in [0.4, 0.5) is 0 Å². The highest BCUT2D eigenvalue weighted by molar-refractivity contribution is 7.13. The number of thiazole rings is 1. The van der Waals surface area contributed by atoms with Crippen molar-refractivity contribution in [3.05, 3.63) is 40.9 Å². The van der Waals surface area contributed by atoms with Crippen LogP contribution in [0.15, 0.2) is 29.6 Å². The minimum Gasteiger partial charge on any atom is -0.476 e. The molecule has 0 spiro atoms. The molecule has 0 amide bonds. The van der Waals surface area contributed by atoms with Gasteiger partial charge in [-0.1, -0.05) is 37.6 Å². The van der Waals surface area contributed by atoms with E-state index in [-0.39, 0.29) is 5.69 Å². The highest BCUT2D eigenvalue weighted by Crippen LogP contribution is 2.24. The van der Waals surface area contributed by atoms with E-state index in [0.29, 0.717) is 0 Å². The summed E-state index contributed by atoms with van der Waals surface area (Å²) < 4.78 is 0. The number of carbonyl (C=O) groups is 1. The summed E-state index contributed by atoms with van der Waals surface area (Å²) in [5.41, 5.74) is 2.41. The summed E-state index contributed by atoms with van der Waals surface area (Å²) in [6, 6.07) is 8.20. The molecule has 18 heavy (non-hydrogen) atoms. The number of aryl methyl sites for hydroxylation is 1. The number of aromatic nitrogens is 1. The van der Waals surface area contributed by atoms with Gasteiger partial charge in [-0.2, -0.15) is 0 Å². The Morgan fingerprint density at radius 3 is 2.61 bits per heavy atom. The molecule has 0 saturated carbocycles. The van der Waals surface area contributed by atoms with Crippen molar-refractivity contribution in [2.75, 3.05) is 0 Å². The molecule has 0 unspecified atom stereocenters. The molecule has 0 aliphatic carbocycles. The monoisotopic (exact) mass is 261 g/mol. The Hall–Kier alpha value is -1.68. The number of nitrogens with zero attached hydrogens (tertiary/aromatic N) is 1. The zero-order valence-electron chi connectivity index (χ0n) is 10.2. The lowest BCUT2D eigenvalue weighted by molar-refractivity contribution is 0.0691. The average Bonchev–Trinajstić information content (AvgIpc) is 2.87. The predicted octanol–water partition coefficient (Wildman–Crippen LogP) is 3.85. The van der Waals surface area contributed by atoms with Crippen LogP contribution in [-0.4, -0.2) is 16.1 Å². The van der Waals surface area contributed by atoms with Gasteiger partial charge >= 0.3 is 5.97 Å². The lowest BCUT2D eigenvalue weighted by Gasteiger charge is -2.01. The van der Waals surface area contributed by atoms with Crippen molar-refractivity contribution in [1.29, 1.82) is 0 Å². The maximum Gasteiger partial charge on any atom is 0.355 e. The zero-order chi connectivity index (χ0) is 13.0. The molecule has 2 rings (SSSR count). The van der Waals surface area contributed by atoms with Crippen LogP contribution in [0.25, 0.3) is 10.6 Å². The molecular formula is C14H15NO2S. The Morgan fingerprint density at radius 1 is 1.33 bits per heavy atom. The highest BCUT2D eigenvalue weighted by atomic mass is 32.1. The standard InChI is InChI=1S/C14H15NO2S/c1-2-3-4-10-5-7-11(8-6-10)13-15-12(9-18-13)14(16)17/h5-9H,2-4H2,1H3,(H,16,17). The van der Waals surface area contributed by atoms with Crippen molar-refractivity contribution >= 4 is 17.3 Å². The predicted molar refractivity (Wildman–Crippen MR) is 73.1 cm³/mol. The first-order valence-corrected chi connectivity index (χ1v) is 6.87. The number of rotatable bonds is 5. The third-order valence-corrected chi connectivity index (χ3v) is 3.63. The third-order valence-electron chi connectivity index (χ3n) is 2.74. The fraction of sp³-hybridized carbons (Fsp3) is 0.286. The van der Waals surface area contributed by atoms with Gasteiger partial charge in [0.05, 0.1) is 0 Å². The SMILES string of the molecule is CCCCc1ccc(-c2nc(C(=O)O)cs2)cc1. The van der Waals surface area contributed by atoms with E-state index in [1.54, 1.807) is 5.38 Å². The maximum absolute atomic E-state index is 10.8. The van der Waals surface area contributed by atoms with E-state index >= 15 is 0 Å². The summed E-state index contributed by atoms with van der Waals surface area (Å²) in [5, 5.41) is 11.2. The first-order chi connectivity index (χ1) is 8.70. The van der Waals surface area contributed by atoms with Crippen LogP contribution in [0.3, 0.4) is 0 Å². The molecule has 0 atom stereocenters. The molecule has 94 valence electrons. The van der Waals surface area contributed by atoms with Crippen molar-refractivity contribution < 1.29 is 9.90 Å². The second-order valence-corrected chi connectivity index (χ2v) is 5.00.